The van der Waals surface area contributed by atoms with Crippen LogP contribution in [0.2, 0.25) is 0 Å². The van der Waals surface area contributed by atoms with Crippen molar-refractivity contribution >= 4 is 90.2 Å². The average Bonchev–Trinajstić information content (AvgIpc) is 0.814. The van der Waals surface area contributed by atoms with Gasteiger partial charge >= 0.3 is 23.9 Å². The molecule has 0 bridgehead atoms. The summed E-state index contributed by atoms with van der Waals surface area (Å²) in [5.41, 5.74) is 18.3. The van der Waals surface area contributed by atoms with Gasteiger partial charge < -0.3 is 59.0 Å². The molecule has 4 aromatic heterocycles. The normalized spacial score (nSPS) is 13.4. The van der Waals surface area contributed by atoms with Crippen LogP contribution in [0.4, 0.5) is 22.7 Å². The van der Waals surface area contributed by atoms with Crippen molar-refractivity contribution in [1.29, 1.82) is 0 Å². The number of anilines is 4. The number of rotatable bonds is 21. The minimum atomic E-state index is -0.387. The molecule has 2 fully saturated rings. The van der Waals surface area contributed by atoms with E-state index >= 15 is 0 Å². The van der Waals surface area contributed by atoms with Gasteiger partial charge in [0.05, 0.1) is 71.2 Å². The van der Waals surface area contributed by atoms with Crippen LogP contribution in [-0.2, 0) is 23.7 Å². The van der Waals surface area contributed by atoms with E-state index in [1.165, 1.54) is 11.1 Å². The number of carbonyl (C=O) groups is 4. The van der Waals surface area contributed by atoms with Crippen molar-refractivity contribution in [3.63, 3.8) is 0 Å². The minimum absolute atomic E-state index is 0.100. The highest BCUT2D eigenvalue weighted by molar-refractivity contribution is 6.09. The van der Waals surface area contributed by atoms with Crippen molar-refractivity contribution in [2.24, 2.45) is 0 Å². The fraction of sp³-hybridized carbons (Fsp3) is 0.481. The summed E-state index contributed by atoms with van der Waals surface area (Å²) in [6, 6.07) is 18.0. The van der Waals surface area contributed by atoms with Crippen molar-refractivity contribution in [3.05, 3.63) is 140 Å². The number of methoxy groups -OCH3 is 1. The van der Waals surface area contributed by atoms with Crippen LogP contribution in [0.25, 0.3) is 43.6 Å². The molecule has 0 amide bonds. The summed E-state index contributed by atoms with van der Waals surface area (Å²) < 4.78 is 26.0. The Kier molecular flexibility index (Phi) is 28.3. The maximum Gasteiger partial charge on any atom is 0.341 e. The molecule has 0 unspecified atom stereocenters. The van der Waals surface area contributed by atoms with Crippen molar-refractivity contribution in [2.75, 3.05) is 135 Å². The van der Waals surface area contributed by atoms with E-state index in [2.05, 4.69) is 149 Å². The van der Waals surface area contributed by atoms with Crippen LogP contribution in [0, 0.1) is 55.4 Å². The van der Waals surface area contributed by atoms with Gasteiger partial charge in [-0.15, -0.1) is 0 Å². The Morgan fingerprint density at radius 2 is 0.742 bits per heavy atom. The van der Waals surface area contributed by atoms with Gasteiger partial charge in [0.15, 0.2) is 0 Å². The fourth-order valence-corrected chi connectivity index (χ4v) is 13.1. The number of hydrogen-bond acceptors (Lipinski definition) is 20. The largest absolute Gasteiger partial charge is 0.462 e. The van der Waals surface area contributed by atoms with Gasteiger partial charge in [-0.25, -0.2) is 19.2 Å². The third-order valence-corrected chi connectivity index (χ3v) is 17.6. The van der Waals surface area contributed by atoms with Crippen LogP contribution in [-0.4, -0.2) is 185 Å². The van der Waals surface area contributed by atoms with Gasteiger partial charge in [0, 0.05) is 118 Å². The summed E-state index contributed by atoms with van der Waals surface area (Å²) in [4.78, 5) is 76.9. The van der Waals surface area contributed by atoms with Gasteiger partial charge in [0.25, 0.3) is 0 Å². The summed E-state index contributed by atoms with van der Waals surface area (Å²) in [7, 11) is 10.2. The number of nitrogens with zero attached hydrogens (tertiary/aromatic N) is 8. The lowest BCUT2D eigenvalue weighted by molar-refractivity contribution is 0.0517. The monoisotopic (exact) mass is 1330 g/mol. The first-order valence-electron chi connectivity index (χ1n) is 34.2. The number of aromatic nitrogens is 4. The summed E-state index contributed by atoms with van der Waals surface area (Å²) >= 11 is 0. The molecule has 10 rings (SSSR count). The van der Waals surface area contributed by atoms with Gasteiger partial charge in [-0.3, -0.25) is 19.9 Å². The molecule has 0 saturated carbocycles. The maximum atomic E-state index is 12.6. The molecule has 3 N–H and O–H groups in total. The molecular weight excluding hydrogens is 1220 g/mol. The van der Waals surface area contributed by atoms with E-state index in [0.29, 0.717) is 86.9 Å². The lowest BCUT2D eigenvalue weighted by atomic mass is 9.98. The van der Waals surface area contributed by atoms with Crippen LogP contribution in [0.15, 0.2) is 73.3 Å². The van der Waals surface area contributed by atoms with Crippen LogP contribution in [0.3, 0.4) is 0 Å². The number of aliphatic hydroxyl groups is 1. The van der Waals surface area contributed by atoms with Gasteiger partial charge in [-0.1, -0.05) is 46.5 Å². The molecule has 4 aromatic carbocycles. The second-order valence-corrected chi connectivity index (χ2v) is 25.6. The first-order chi connectivity index (χ1) is 46.5. The number of aryl methyl sites for hydroxylation is 8. The summed E-state index contributed by atoms with van der Waals surface area (Å²) in [5, 5.41) is 19.5. The number of ether oxygens (including phenoxy) is 5. The van der Waals surface area contributed by atoms with Crippen LogP contribution in [0.1, 0.15) is 152 Å². The average molecular weight is 1330 g/mol. The Balaban J connectivity index is 0.000000183. The zero-order valence-electron chi connectivity index (χ0n) is 60.5. The third-order valence-electron chi connectivity index (χ3n) is 17.6. The van der Waals surface area contributed by atoms with Crippen molar-refractivity contribution in [1.82, 2.24) is 29.7 Å². The first-order valence-corrected chi connectivity index (χ1v) is 34.2. The van der Waals surface area contributed by atoms with E-state index in [1.54, 1.807) is 45.7 Å². The number of esters is 4. The molecule has 20 heteroatoms. The Morgan fingerprint density at radius 3 is 1.04 bits per heavy atom. The van der Waals surface area contributed by atoms with Crippen LogP contribution in [0.5, 0.6) is 0 Å². The second-order valence-electron chi connectivity index (χ2n) is 25.6. The number of piperidine rings is 2. The van der Waals surface area contributed by atoms with Gasteiger partial charge in [-0.05, 0) is 196 Å². The highest BCUT2D eigenvalue weighted by Crippen LogP contribution is 2.38. The van der Waals surface area contributed by atoms with E-state index in [4.69, 9.17) is 28.8 Å². The number of carbonyl (C=O) groups excluding carboxylic acids is 4. The Labute approximate surface area is 573 Å². The molecule has 0 aliphatic carbocycles. The summed E-state index contributed by atoms with van der Waals surface area (Å²) in [6.45, 7) is 30.9. The number of fused-ring (bicyclic) bond motifs is 4. The number of aliphatic hydroxyl groups excluding tert-OH is 1. The molecule has 0 atom stereocenters. The van der Waals surface area contributed by atoms with Crippen molar-refractivity contribution in [2.45, 2.75) is 134 Å². The Morgan fingerprint density at radius 1 is 0.454 bits per heavy atom. The fourth-order valence-electron chi connectivity index (χ4n) is 13.1. The second kappa shape index (κ2) is 36.1. The summed E-state index contributed by atoms with van der Waals surface area (Å²) in [5.74, 6) is -1.31. The van der Waals surface area contributed by atoms with Gasteiger partial charge in [0.1, 0.15) is 22.3 Å². The molecule has 0 radical (unpaired) electrons. The standard InChI is InChI=1S/2C21H29N3O2.C18H24N2O3.C17H22N2O3/c2*1-6-26-21(25)18-13-22-19-15(3)11-14(2)12-17(19)20(18)24-9-7-16(8-10-24)23(4)5;1-5-23-18(21)15-11-20-16-13(3)9-12(2)10-14(16)17(15)19-7-6-8-22-4;1-4-22-17(21)14-10-19-15-12(3)8-11(2)9-13(15)16(14)18-6-5-7-20/h2*11-13,16H,6-10H2,1-5H3;9-11H,5-8H2,1-4H3,(H,19,20);8-10,20H,4-7H2,1-3H3,(H,18,19). The Bertz CT molecular complexity index is 3890. The molecule has 2 aliphatic rings. The van der Waals surface area contributed by atoms with Crippen molar-refractivity contribution < 1.29 is 48.0 Å². The Hall–Kier alpha value is -8.56. The van der Waals surface area contributed by atoms with E-state index in [0.717, 1.165) is 158 Å². The molecule has 2 aliphatic heterocycles. The van der Waals surface area contributed by atoms with E-state index < -0.39 is 0 Å². The zero-order valence-corrected chi connectivity index (χ0v) is 60.5. The highest BCUT2D eigenvalue weighted by Gasteiger charge is 2.30. The number of pyridine rings is 4. The minimum Gasteiger partial charge on any atom is -0.462 e. The molecule has 2 saturated heterocycles. The van der Waals surface area contributed by atoms with E-state index in [9.17, 15) is 19.2 Å². The van der Waals surface area contributed by atoms with Crippen molar-refractivity contribution in [3.8, 4) is 0 Å². The molecule has 97 heavy (non-hydrogen) atoms. The van der Waals surface area contributed by atoms with Gasteiger partial charge in [-0.2, -0.15) is 0 Å². The predicted molar refractivity (Wildman–Crippen MR) is 392 cm³/mol. The number of benzene rings is 4. The SMILES string of the molecule is CCOC(=O)c1cnc2c(C)cc(C)cc2c1N1CCC(N(C)C)CC1.CCOC(=O)c1cnc2c(C)cc(C)cc2c1N1CCC(N(C)C)CC1.CCOC(=O)c1cnc2c(C)cc(C)cc2c1NCCCO.CCOC(=O)c1cnc2c(C)cc(C)cc2c1NCCCOC. The lowest BCUT2D eigenvalue weighted by Crippen LogP contribution is -2.42. The highest BCUT2D eigenvalue weighted by atomic mass is 16.5. The maximum absolute atomic E-state index is 12.6. The molecule has 6 heterocycles. The topological polar surface area (TPSA) is 223 Å². The van der Waals surface area contributed by atoms with Gasteiger partial charge in [0.2, 0.25) is 0 Å². The molecule has 8 aromatic rings. The molecule has 0 spiro atoms. The third kappa shape index (κ3) is 19.2. The first kappa shape index (κ1) is 75.8. The molecule has 20 nitrogen and oxygen atoms in total. The number of hydrogen-bond donors (Lipinski definition) is 3. The predicted octanol–water partition coefficient (Wildman–Crippen LogP) is 13.4. The number of nitrogens with one attached hydrogen (secondary N) is 2. The lowest BCUT2D eigenvalue weighted by Gasteiger charge is -2.37. The molecule has 522 valence electrons. The summed E-state index contributed by atoms with van der Waals surface area (Å²) in [6.07, 6.45) is 12.4. The van der Waals surface area contributed by atoms with E-state index in [1.807, 2.05) is 47.6 Å². The zero-order chi connectivity index (χ0) is 70.6. The molecular formula is C77H104N10O10. The van der Waals surface area contributed by atoms with Crippen LogP contribution < -0.4 is 20.4 Å². The van der Waals surface area contributed by atoms with E-state index in [-0.39, 0.29) is 30.5 Å². The van der Waals surface area contributed by atoms with Crippen LogP contribution >= 0.6 is 0 Å². The quantitative estimate of drug-likeness (QED) is 0.0345. The smallest absolute Gasteiger partial charge is 0.341 e.